The number of imide groups is 1. The van der Waals surface area contributed by atoms with Crippen LogP contribution in [0.3, 0.4) is 0 Å². The molecule has 0 unspecified atom stereocenters. The number of hydrogen-bond acceptors (Lipinski definition) is 3. The molecule has 0 fully saturated rings. The molecular formula is C23H18N2O3. The lowest BCUT2D eigenvalue weighted by molar-refractivity contribution is 0.0925. The van der Waals surface area contributed by atoms with E-state index in [0.717, 1.165) is 21.7 Å². The topological polar surface area (TPSA) is 66.5 Å². The van der Waals surface area contributed by atoms with Crippen LogP contribution in [0.2, 0.25) is 0 Å². The number of amides is 3. The molecule has 1 N–H and O–H groups in total. The molecule has 0 atom stereocenters. The van der Waals surface area contributed by atoms with Crippen LogP contribution in [0, 0.1) is 13.8 Å². The van der Waals surface area contributed by atoms with Crippen molar-refractivity contribution in [3.63, 3.8) is 0 Å². The summed E-state index contributed by atoms with van der Waals surface area (Å²) < 4.78 is 0. The first-order chi connectivity index (χ1) is 13.5. The first kappa shape index (κ1) is 17.7. The summed E-state index contributed by atoms with van der Waals surface area (Å²) in [6.45, 7) is 4.00. The molecule has 0 bridgehead atoms. The minimum Gasteiger partial charge on any atom is -0.322 e. The highest BCUT2D eigenvalue weighted by Gasteiger charge is 2.36. The molecule has 0 spiro atoms. The van der Waals surface area contributed by atoms with Crippen LogP contribution in [-0.4, -0.2) is 17.7 Å². The van der Waals surface area contributed by atoms with Crippen LogP contribution in [-0.2, 0) is 0 Å². The average molecular weight is 370 g/mol. The molecule has 0 aromatic heterocycles. The van der Waals surface area contributed by atoms with Gasteiger partial charge >= 0.3 is 0 Å². The third-order valence-corrected chi connectivity index (χ3v) is 4.95. The van der Waals surface area contributed by atoms with Gasteiger partial charge in [0.25, 0.3) is 17.7 Å². The molecular weight excluding hydrogens is 352 g/mol. The Labute approximate surface area is 162 Å². The first-order valence-corrected chi connectivity index (χ1v) is 8.92. The Bertz CT molecular complexity index is 1080. The quantitative estimate of drug-likeness (QED) is 0.697. The second-order valence-electron chi connectivity index (χ2n) is 6.79. The fourth-order valence-corrected chi connectivity index (χ4v) is 3.21. The van der Waals surface area contributed by atoms with Crippen molar-refractivity contribution in [2.75, 3.05) is 10.2 Å². The number of anilines is 2. The highest BCUT2D eigenvalue weighted by atomic mass is 16.2. The van der Waals surface area contributed by atoms with Gasteiger partial charge in [-0.1, -0.05) is 18.2 Å². The number of benzene rings is 3. The summed E-state index contributed by atoms with van der Waals surface area (Å²) in [5, 5.41) is 2.86. The molecule has 1 aliphatic rings. The third kappa shape index (κ3) is 2.97. The number of nitrogens with one attached hydrogen (secondary N) is 1. The van der Waals surface area contributed by atoms with Crippen molar-refractivity contribution in [3.8, 4) is 0 Å². The largest absolute Gasteiger partial charge is 0.322 e. The van der Waals surface area contributed by atoms with E-state index in [1.54, 1.807) is 48.5 Å². The lowest BCUT2D eigenvalue weighted by Gasteiger charge is -2.14. The number of carbonyl (C=O) groups excluding carboxylic acids is 3. The Hall–Kier alpha value is -3.73. The van der Waals surface area contributed by atoms with Gasteiger partial charge in [-0.3, -0.25) is 14.4 Å². The number of fused-ring (bicyclic) bond motifs is 1. The van der Waals surface area contributed by atoms with Crippen molar-refractivity contribution in [1.29, 1.82) is 0 Å². The van der Waals surface area contributed by atoms with E-state index >= 15 is 0 Å². The third-order valence-electron chi connectivity index (χ3n) is 4.95. The predicted octanol–water partition coefficient (Wildman–Crippen LogP) is 4.36. The molecule has 4 rings (SSSR count). The van der Waals surface area contributed by atoms with Crippen molar-refractivity contribution < 1.29 is 14.4 Å². The van der Waals surface area contributed by atoms with Crippen molar-refractivity contribution in [1.82, 2.24) is 0 Å². The normalized spacial score (nSPS) is 12.9. The van der Waals surface area contributed by atoms with Gasteiger partial charge in [-0.25, -0.2) is 4.90 Å². The average Bonchev–Trinajstić information content (AvgIpc) is 2.96. The summed E-state index contributed by atoms with van der Waals surface area (Å²) in [5.74, 6) is -0.960. The highest BCUT2D eigenvalue weighted by Crippen LogP contribution is 2.28. The second kappa shape index (κ2) is 6.78. The summed E-state index contributed by atoms with van der Waals surface area (Å²) >= 11 is 0. The summed E-state index contributed by atoms with van der Waals surface area (Å²) in [6, 6.07) is 18.9. The zero-order valence-electron chi connectivity index (χ0n) is 15.5. The number of rotatable bonds is 3. The van der Waals surface area contributed by atoms with E-state index in [-0.39, 0.29) is 17.7 Å². The second-order valence-corrected chi connectivity index (χ2v) is 6.79. The molecule has 5 heteroatoms. The van der Waals surface area contributed by atoms with Crippen LogP contribution in [0.25, 0.3) is 0 Å². The molecule has 3 amide bonds. The van der Waals surface area contributed by atoms with E-state index < -0.39 is 0 Å². The molecule has 138 valence electrons. The van der Waals surface area contributed by atoms with E-state index in [1.807, 2.05) is 32.0 Å². The Morgan fingerprint density at radius 3 is 1.96 bits per heavy atom. The van der Waals surface area contributed by atoms with E-state index in [2.05, 4.69) is 5.32 Å². The molecule has 0 saturated carbocycles. The summed E-state index contributed by atoms with van der Waals surface area (Å²) in [7, 11) is 0. The van der Waals surface area contributed by atoms with Gasteiger partial charge in [-0.15, -0.1) is 0 Å². The molecule has 1 aliphatic heterocycles. The Balaban J connectivity index is 1.54. The monoisotopic (exact) mass is 370 g/mol. The summed E-state index contributed by atoms with van der Waals surface area (Å²) in [4.78, 5) is 38.7. The summed E-state index contributed by atoms with van der Waals surface area (Å²) in [5.41, 5.74) is 4.64. The van der Waals surface area contributed by atoms with E-state index in [4.69, 9.17) is 0 Å². The van der Waals surface area contributed by atoms with E-state index in [0.29, 0.717) is 22.4 Å². The predicted molar refractivity (Wildman–Crippen MR) is 108 cm³/mol. The van der Waals surface area contributed by atoms with Crippen molar-refractivity contribution >= 4 is 29.1 Å². The maximum absolute atomic E-state index is 12.6. The van der Waals surface area contributed by atoms with E-state index in [1.165, 1.54) is 0 Å². The van der Waals surface area contributed by atoms with Crippen molar-refractivity contribution in [3.05, 3.63) is 94.5 Å². The molecule has 0 radical (unpaired) electrons. The minimum atomic E-state index is -0.354. The van der Waals surface area contributed by atoms with Crippen LogP contribution in [0.5, 0.6) is 0 Å². The number of nitrogens with zero attached hydrogens (tertiary/aromatic N) is 1. The maximum atomic E-state index is 12.6. The smallest absolute Gasteiger partial charge is 0.266 e. The van der Waals surface area contributed by atoms with Crippen LogP contribution in [0.15, 0.2) is 66.7 Å². The van der Waals surface area contributed by atoms with Crippen LogP contribution in [0.1, 0.15) is 42.2 Å². The van der Waals surface area contributed by atoms with E-state index in [9.17, 15) is 14.4 Å². The van der Waals surface area contributed by atoms with Gasteiger partial charge in [0.15, 0.2) is 0 Å². The maximum Gasteiger partial charge on any atom is 0.266 e. The fraction of sp³-hybridized carbons (Fsp3) is 0.0870. The SMILES string of the molecule is Cc1ccc(NC(=O)c2ccc(N3C(=O)c4ccccc4C3=O)cc2)cc1C. The molecule has 3 aromatic carbocycles. The molecule has 28 heavy (non-hydrogen) atoms. The summed E-state index contributed by atoms with van der Waals surface area (Å²) in [6.07, 6.45) is 0. The molecule has 3 aromatic rings. The lowest BCUT2D eigenvalue weighted by atomic mass is 10.1. The number of aryl methyl sites for hydroxylation is 2. The van der Waals surface area contributed by atoms with Crippen molar-refractivity contribution in [2.24, 2.45) is 0 Å². The Morgan fingerprint density at radius 2 is 1.39 bits per heavy atom. The van der Waals surface area contributed by atoms with Gasteiger partial charge in [-0.2, -0.15) is 0 Å². The van der Waals surface area contributed by atoms with Gasteiger partial charge < -0.3 is 5.32 Å². The zero-order valence-corrected chi connectivity index (χ0v) is 15.5. The van der Waals surface area contributed by atoms with Gasteiger partial charge in [0.05, 0.1) is 16.8 Å². The fourth-order valence-electron chi connectivity index (χ4n) is 3.21. The molecule has 0 saturated heterocycles. The molecule has 5 nitrogen and oxygen atoms in total. The lowest BCUT2D eigenvalue weighted by Crippen LogP contribution is -2.29. The van der Waals surface area contributed by atoms with Crippen LogP contribution >= 0.6 is 0 Å². The highest BCUT2D eigenvalue weighted by molar-refractivity contribution is 6.34. The minimum absolute atomic E-state index is 0.253. The molecule has 0 aliphatic carbocycles. The van der Waals surface area contributed by atoms with Crippen molar-refractivity contribution in [2.45, 2.75) is 13.8 Å². The van der Waals surface area contributed by atoms with Gasteiger partial charge in [-0.05, 0) is 73.5 Å². The first-order valence-electron chi connectivity index (χ1n) is 8.92. The van der Waals surface area contributed by atoms with Gasteiger partial charge in [0.2, 0.25) is 0 Å². The van der Waals surface area contributed by atoms with Crippen LogP contribution < -0.4 is 10.2 Å². The molecule has 1 heterocycles. The Kier molecular flexibility index (Phi) is 4.28. The zero-order chi connectivity index (χ0) is 19.8. The Morgan fingerprint density at radius 1 is 0.786 bits per heavy atom. The van der Waals surface area contributed by atoms with Gasteiger partial charge in [0.1, 0.15) is 0 Å². The number of carbonyl (C=O) groups is 3. The standard InChI is InChI=1S/C23H18N2O3/c1-14-7-10-17(13-15(14)2)24-21(26)16-8-11-18(12-9-16)25-22(27)19-5-3-4-6-20(19)23(25)28/h3-13H,1-2H3,(H,24,26). The van der Waals surface area contributed by atoms with Crippen LogP contribution in [0.4, 0.5) is 11.4 Å². The van der Waals surface area contributed by atoms with Gasteiger partial charge in [0, 0.05) is 11.3 Å². The number of hydrogen-bond donors (Lipinski definition) is 1.